The number of nitrogens with zero attached hydrogens (tertiary/aromatic N) is 4. The Balaban J connectivity index is 1.86. The van der Waals surface area contributed by atoms with Crippen molar-refractivity contribution in [3.63, 3.8) is 0 Å². The molecule has 2 N–H and O–H groups in total. The Hall–Kier alpha value is -3.42. The number of fused-ring (bicyclic) bond motifs is 1. The Morgan fingerprint density at radius 1 is 1.28 bits per heavy atom. The zero-order valence-electron chi connectivity index (χ0n) is 13.2. The van der Waals surface area contributed by atoms with Crippen molar-refractivity contribution in [3.05, 3.63) is 64.0 Å². The molecule has 0 amide bonds. The molecule has 25 heavy (non-hydrogen) atoms. The lowest BCUT2D eigenvalue weighted by Crippen LogP contribution is -2.25. The van der Waals surface area contributed by atoms with Gasteiger partial charge in [-0.1, -0.05) is 12.1 Å². The number of hydrogen-bond donors (Lipinski definition) is 2. The van der Waals surface area contributed by atoms with Crippen LogP contribution in [0.4, 0.5) is 5.95 Å². The molecule has 0 radical (unpaired) electrons. The second kappa shape index (κ2) is 5.59. The van der Waals surface area contributed by atoms with Crippen molar-refractivity contribution in [1.29, 1.82) is 0 Å². The van der Waals surface area contributed by atoms with E-state index < -0.39 is 5.63 Å². The number of phenols is 1. The molecule has 0 fully saturated rings. The maximum atomic E-state index is 12.2. The van der Waals surface area contributed by atoms with E-state index in [-0.39, 0.29) is 23.1 Å². The van der Waals surface area contributed by atoms with Crippen LogP contribution in [-0.4, -0.2) is 30.7 Å². The van der Waals surface area contributed by atoms with Crippen LogP contribution in [0.1, 0.15) is 29.3 Å². The normalized spacial score (nSPS) is 16.4. The van der Waals surface area contributed by atoms with Crippen LogP contribution in [0, 0.1) is 6.92 Å². The highest BCUT2D eigenvalue weighted by atomic mass is 16.4. The fourth-order valence-corrected chi connectivity index (χ4v) is 2.99. The van der Waals surface area contributed by atoms with Crippen molar-refractivity contribution in [1.82, 2.24) is 14.8 Å². The second-order valence-electron chi connectivity index (χ2n) is 5.78. The lowest BCUT2D eigenvalue weighted by molar-refractivity contribution is 0.431. The SMILES string of the molecule is Cc1cc(O)c(C2=Nc3ncnn3C(c3cccc(O)c3)C2)c(=O)o1. The molecule has 0 bridgehead atoms. The zero-order valence-corrected chi connectivity index (χ0v) is 13.2. The van der Waals surface area contributed by atoms with Gasteiger partial charge in [-0.05, 0) is 24.6 Å². The van der Waals surface area contributed by atoms with Gasteiger partial charge in [0.1, 0.15) is 29.2 Å². The molecular weight excluding hydrogens is 324 g/mol. The van der Waals surface area contributed by atoms with Crippen LogP contribution < -0.4 is 5.63 Å². The van der Waals surface area contributed by atoms with Crippen LogP contribution in [0.5, 0.6) is 11.5 Å². The number of benzene rings is 1. The van der Waals surface area contributed by atoms with Gasteiger partial charge in [0.15, 0.2) is 0 Å². The molecule has 0 saturated heterocycles. The topological polar surface area (TPSA) is 114 Å². The van der Waals surface area contributed by atoms with Gasteiger partial charge in [-0.2, -0.15) is 10.1 Å². The predicted octanol–water partition coefficient (Wildman–Crippen LogP) is 2.06. The summed E-state index contributed by atoms with van der Waals surface area (Å²) in [7, 11) is 0. The van der Waals surface area contributed by atoms with E-state index in [0.717, 1.165) is 5.56 Å². The number of phenolic OH excluding ortho intramolecular Hbond substituents is 1. The first-order valence-electron chi connectivity index (χ1n) is 7.63. The molecule has 3 heterocycles. The second-order valence-corrected chi connectivity index (χ2v) is 5.78. The number of aromatic nitrogens is 3. The summed E-state index contributed by atoms with van der Waals surface area (Å²) < 4.78 is 6.71. The highest BCUT2D eigenvalue weighted by Crippen LogP contribution is 2.34. The molecule has 0 aliphatic carbocycles. The molecule has 1 unspecified atom stereocenters. The van der Waals surface area contributed by atoms with Crippen molar-refractivity contribution in [2.75, 3.05) is 0 Å². The van der Waals surface area contributed by atoms with Crippen molar-refractivity contribution in [2.45, 2.75) is 19.4 Å². The smallest absolute Gasteiger partial charge is 0.348 e. The summed E-state index contributed by atoms with van der Waals surface area (Å²) in [5, 5.41) is 24.1. The monoisotopic (exact) mass is 338 g/mol. The van der Waals surface area contributed by atoms with E-state index >= 15 is 0 Å². The lowest BCUT2D eigenvalue weighted by Gasteiger charge is -2.23. The summed E-state index contributed by atoms with van der Waals surface area (Å²) in [6.07, 6.45) is 1.66. The summed E-state index contributed by atoms with van der Waals surface area (Å²) in [6, 6.07) is 7.82. The summed E-state index contributed by atoms with van der Waals surface area (Å²) >= 11 is 0. The number of aromatic hydroxyl groups is 2. The summed E-state index contributed by atoms with van der Waals surface area (Å²) in [5.41, 5.74) is 0.513. The quantitative estimate of drug-likeness (QED) is 0.739. The van der Waals surface area contributed by atoms with E-state index in [2.05, 4.69) is 15.1 Å². The summed E-state index contributed by atoms with van der Waals surface area (Å²) in [4.78, 5) is 20.7. The Kier molecular flexibility index (Phi) is 3.38. The minimum absolute atomic E-state index is 0.0185. The van der Waals surface area contributed by atoms with Crippen LogP contribution in [0.15, 0.2) is 50.9 Å². The molecule has 0 spiro atoms. The van der Waals surface area contributed by atoms with Crippen molar-refractivity contribution in [3.8, 4) is 11.5 Å². The highest BCUT2D eigenvalue weighted by Gasteiger charge is 2.29. The van der Waals surface area contributed by atoms with Gasteiger partial charge in [0.25, 0.3) is 0 Å². The number of aliphatic imine (C=N–C) groups is 1. The molecule has 3 aromatic rings. The van der Waals surface area contributed by atoms with E-state index in [1.807, 2.05) is 6.07 Å². The van der Waals surface area contributed by atoms with Gasteiger partial charge in [0.2, 0.25) is 5.95 Å². The standard InChI is InChI=1S/C17H14N4O4/c1-9-5-14(23)15(16(24)25-9)12-7-13(10-3-2-4-11(22)6-10)21-17(20-12)18-8-19-21/h2-6,8,13,22-23H,7H2,1H3. The fraction of sp³-hybridized carbons (Fsp3) is 0.176. The first kappa shape index (κ1) is 15.1. The molecule has 2 aromatic heterocycles. The minimum Gasteiger partial charge on any atom is -0.508 e. The molecule has 126 valence electrons. The fourth-order valence-electron chi connectivity index (χ4n) is 2.99. The average molecular weight is 338 g/mol. The zero-order chi connectivity index (χ0) is 17.6. The molecular formula is C17H14N4O4. The average Bonchev–Trinajstić information content (AvgIpc) is 3.01. The van der Waals surface area contributed by atoms with Crippen LogP contribution in [0.2, 0.25) is 0 Å². The van der Waals surface area contributed by atoms with Crippen molar-refractivity contribution < 1.29 is 14.6 Å². The van der Waals surface area contributed by atoms with E-state index in [0.29, 0.717) is 23.8 Å². The first-order chi connectivity index (χ1) is 12.0. The van der Waals surface area contributed by atoms with Gasteiger partial charge in [-0.3, -0.25) is 0 Å². The van der Waals surface area contributed by atoms with E-state index in [1.165, 1.54) is 12.4 Å². The number of hydrogen-bond acceptors (Lipinski definition) is 7. The maximum absolute atomic E-state index is 12.2. The molecule has 1 aliphatic heterocycles. The molecule has 0 saturated carbocycles. The van der Waals surface area contributed by atoms with E-state index in [9.17, 15) is 15.0 Å². The van der Waals surface area contributed by atoms with Crippen LogP contribution in [0.3, 0.4) is 0 Å². The van der Waals surface area contributed by atoms with Crippen LogP contribution in [-0.2, 0) is 0 Å². The largest absolute Gasteiger partial charge is 0.508 e. The van der Waals surface area contributed by atoms with Gasteiger partial charge in [-0.15, -0.1) is 0 Å². The number of aryl methyl sites for hydroxylation is 1. The first-order valence-corrected chi connectivity index (χ1v) is 7.63. The van der Waals surface area contributed by atoms with Crippen LogP contribution in [0.25, 0.3) is 0 Å². The Morgan fingerprint density at radius 2 is 2.12 bits per heavy atom. The van der Waals surface area contributed by atoms with Crippen LogP contribution >= 0.6 is 0 Å². The highest BCUT2D eigenvalue weighted by molar-refractivity contribution is 6.04. The minimum atomic E-state index is -0.654. The van der Waals surface area contributed by atoms with Gasteiger partial charge in [0, 0.05) is 12.5 Å². The predicted molar refractivity (Wildman–Crippen MR) is 88.5 cm³/mol. The third-order valence-corrected chi connectivity index (χ3v) is 4.07. The summed E-state index contributed by atoms with van der Waals surface area (Å²) in [5.74, 6) is 0.570. The molecule has 8 nitrogen and oxygen atoms in total. The van der Waals surface area contributed by atoms with Gasteiger partial charge in [-0.25, -0.2) is 14.5 Å². The Bertz CT molecular complexity index is 1050. The maximum Gasteiger partial charge on any atom is 0.348 e. The van der Waals surface area contributed by atoms with Gasteiger partial charge < -0.3 is 14.6 Å². The lowest BCUT2D eigenvalue weighted by atomic mass is 9.96. The molecule has 1 atom stereocenters. The van der Waals surface area contributed by atoms with E-state index in [4.69, 9.17) is 4.42 Å². The van der Waals surface area contributed by atoms with Gasteiger partial charge in [0.05, 0.1) is 11.8 Å². The van der Waals surface area contributed by atoms with Crippen molar-refractivity contribution in [2.24, 2.45) is 4.99 Å². The number of rotatable bonds is 2. The van der Waals surface area contributed by atoms with Crippen molar-refractivity contribution >= 4 is 11.7 Å². The van der Waals surface area contributed by atoms with E-state index in [1.54, 1.807) is 29.8 Å². The van der Waals surface area contributed by atoms with Gasteiger partial charge >= 0.3 is 5.63 Å². The molecule has 1 aromatic carbocycles. The Labute approximate surface area is 141 Å². The molecule has 8 heteroatoms. The third kappa shape index (κ3) is 2.57. The third-order valence-electron chi connectivity index (χ3n) is 4.07. The molecule has 4 rings (SSSR count). The Morgan fingerprint density at radius 3 is 2.88 bits per heavy atom. The molecule has 1 aliphatic rings. The summed E-state index contributed by atoms with van der Waals surface area (Å²) in [6.45, 7) is 1.58.